The average molecular weight is 205 g/mol. The lowest BCUT2D eigenvalue weighted by atomic mass is 9.89. The van der Waals surface area contributed by atoms with Gasteiger partial charge in [0.2, 0.25) is 0 Å². The van der Waals surface area contributed by atoms with Crippen molar-refractivity contribution in [3.63, 3.8) is 0 Å². The minimum Gasteiger partial charge on any atom is -0.496 e. The molecule has 0 saturated carbocycles. The van der Waals surface area contributed by atoms with Crippen LogP contribution in [0.4, 0.5) is 0 Å². The lowest BCUT2D eigenvalue weighted by Crippen LogP contribution is -2.17. The van der Waals surface area contributed by atoms with Crippen LogP contribution in [0.2, 0.25) is 0 Å². The summed E-state index contributed by atoms with van der Waals surface area (Å²) in [7, 11) is 1.75. The van der Waals surface area contributed by atoms with E-state index in [1.165, 1.54) is 17.5 Å². The maximum absolute atomic E-state index is 5.75. The van der Waals surface area contributed by atoms with Crippen molar-refractivity contribution in [3.8, 4) is 5.75 Å². The normalized spacial score (nSPS) is 21.1. The number of rotatable bonds is 3. The van der Waals surface area contributed by atoms with Crippen molar-refractivity contribution in [1.82, 2.24) is 0 Å². The van der Waals surface area contributed by atoms with E-state index >= 15 is 0 Å². The number of ether oxygens (including phenoxy) is 1. The first-order valence-corrected chi connectivity index (χ1v) is 5.63. The Morgan fingerprint density at radius 3 is 3.00 bits per heavy atom. The molecule has 0 fully saturated rings. The lowest BCUT2D eigenvalue weighted by molar-refractivity contribution is 0.410. The van der Waals surface area contributed by atoms with Crippen LogP contribution in [0.3, 0.4) is 0 Å². The van der Waals surface area contributed by atoms with Crippen molar-refractivity contribution in [2.75, 3.05) is 13.7 Å². The zero-order valence-electron chi connectivity index (χ0n) is 9.49. The molecule has 82 valence electrons. The first-order chi connectivity index (χ1) is 7.27. The van der Waals surface area contributed by atoms with E-state index in [-0.39, 0.29) is 0 Å². The Morgan fingerprint density at radius 1 is 1.53 bits per heavy atom. The van der Waals surface area contributed by atoms with Gasteiger partial charge in [-0.1, -0.05) is 19.1 Å². The molecule has 2 heteroatoms. The third kappa shape index (κ3) is 1.74. The molecule has 2 unspecified atom stereocenters. The lowest BCUT2D eigenvalue weighted by Gasteiger charge is -2.18. The molecule has 0 amide bonds. The fraction of sp³-hybridized carbons (Fsp3) is 0.538. The highest BCUT2D eigenvalue weighted by atomic mass is 16.5. The van der Waals surface area contributed by atoms with E-state index in [0.29, 0.717) is 11.8 Å². The highest BCUT2D eigenvalue weighted by molar-refractivity contribution is 5.45. The third-order valence-electron chi connectivity index (χ3n) is 3.55. The predicted octanol–water partition coefficient (Wildman–Crippen LogP) is 2.32. The van der Waals surface area contributed by atoms with Gasteiger partial charge in [0.15, 0.2) is 0 Å². The highest BCUT2D eigenvalue weighted by Gasteiger charge is 2.28. The van der Waals surface area contributed by atoms with E-state index in [2.05, 4.69) is 19.1 Å². The van der Waals surface area contributed by atoms with Crippen molar-refractivity contribution in [2.24, 2.45) is 11.7 Å². The van der Waals surface area contributed by atoms with Gasteiger partial charge in [0, 0.05) is 0 Å². The van der Waals surface area contributed by atoms with Crippen LogP contribution in [-0.2, 0) is 6.42 Å². The van der Waals surface area contributed by atoms with Crippen molar-refractivity contribution in [2.45, 2.75) is 25.7 Å². The van der Waals surface area contributed by atoms with E-state index in [4.69, 9.17) is 10.5 Å². The van der Waals surface area contributed by atoms with E-state index in [1.54, 1.807) is 7.11 Å². The molecule has 2 rings (SSSR count). The summed E-state index contributed by atoms with van der Waals surface area (Å²) in [5, 5.41) is 0. The quantitative estimate of drug-likeness (QED) is 0.822. The van der Waals surface area contributed by atoms with Gasteiger partial charge in [0.05, 0.1) is 7.11 Å². The molecule has 2 nitrogen and oxygen atoms in total. The number of hydrogen-bond acceptors (Lipinski definition) is 2. The first kappa shape index (κ1) is 10.5. The third-order valence-corrected chi connectivity index (χ3v) is 3.55. The van der Waals surface area contributed by atoms with Gasteiger partial charge in [-0.3, -0.25) is 0 Å². The molecule has 1 aromatic carbocycles. The summed E-state index contributed by atoms with van der Waals surface area (Å²) in [5.74, 6) is 2.23. The minimum atomic E-state index is 0.568. The standard InChI is InChI=1S/C13H19NO/c1-9(8-14)10-6-7-12-11(10)4-3-5-13(12)15-2/h3-5,9-10H,6-8,14H2,1-2H3. The molecule has 0 radical (unpaired) electrons. The van der Waals surface area contributed by atoms with Gasteiger partial charge in [-0.2, -0.15) is 0 Å². The first-order valence-electron chi connectivity index (χ1n) is 5.63. The van der Waals surface area contributed by atoms with Crippen LogP contribution in [0.25, 0.3) is 0 Å². The number of benzene rings is 1. The molecular weight excluding hydrogens is 186 g/mol. The second-order valence-corrected chi connectivity index (χ2v) is 4.39. The SMILES string of the molecule is COc1cccc2c1CCC2C(C)CN. The second-order valence-electron chi connectivity index (χ2n) is 4.39. The molecular formula is C13H19NO. The van der Waals surface area contributed by atoms with E-state index < -0.39 is 0 Å². The Morgan fingerprint density at radius 2 is 2.33 bits per heavy atom. The molecule has 0 aliphatic heterocycles. The van der Waals surface area contributed by atoms with E-state index in [9.17, 15) is 0 Å². The zero-order chi connectivity index (χ0) is 10.8. The summed E-state index contributed by atoms with van der Waals surface area (Å²) in [6.45, 7) is 3.00. The summed E-state index contributed by atoms with van der Waals surface area (Å²) in [6, 6.07) is 6.36. The van der Waals surface area contributed by atoms with Gasteiger partial charge in [-0.25, -0.2) is 0 Å². The zero-order valence-corrected chi connectivity index (χ0v) is 9.49. The molecule has 1 aliphatic carbocycles. The van der Waals surface area contributed by atoms with Gasteiger partial charge < -0.3 is 10.5 Å². The molecule has 0 aromatic heterocycles. The van der Waals surface area contributed by atoms with Crippen molar-refractivity contribution < 1.29 is 4.74 Å². The van der Waals surface area contributed by atoms with Gasteiger partial charge in [0.25, 0.3) is 0 Å². The monoisotopic (exact) mass is 205 g/mol. The molecule has 0 saturated heterocycles. The minimum absolute atomic E-state index is 0.568. The average Bonchev–Trinajstić information content (AvgIpc) is 2.71. The maximum atomic E-state index is 5.75. The Balaban J connectivity index is 2.35. The highest BCUT2D eigenvalue weighted by Crippen LogP contribution is 2.41. The summed E-state index contributed by atoms with van der Waals surface area (Å²) in [5.41, 5.74) is 8.59. The van der Waals surface area contributed by atoms with Crippen LogP contribution >= 0.6 is 0 Å². The van der Waals surface area contributed by atoms with Gasteiger partial charge >= 0.3 is 0 Å². The van der Waals surface area contributed by atoms with Crippen LogP contribution in [0, 0.1) is 5.92 Å². The molecule has 0 bridgehead atoms. The molecule has 1 aromatic rings. The van der Waals surface area contributed by atoms with Crippen molar-refractivity contribution in [3.05, 3.63) is 29.3 Å². The molecule has 2 atom stereocenters. The Hall–Kier alpha value is -1.02. The van der Waals surface area contributed by atoms with Crippen LogP contribution < -0.4 is 10.5 Å². The Bertz CT molecular complexity index is 348. The Labute approximate surface area is 91.4 Å². The van der Waals surface area contributed by atoms with E-state index in [0.717, 1.165) is 18.7 Å². The topological polar surface area (TPSA) is 35.2 Å². The van der Waals surface area contributed by atoms with Crippen LogP contribution in [0.15, 0.2) is 18.2 Å². The summed E-state index contributed by atoms with van der Waals surface area (Å²) < 4.78 is 5.39. The fourth-order valence-electron chi connectivity index (χ4n) is 2.60. The van der Waals surface area contributed by atoms with Gasteiger partial charge in [0.1, 0.15) is 5.75 Å². The second kappa shape index (κ2) is 4.23. The van der Waals surface area contributed by atoms with Crippen LogP contribution in [0.1, 0.15) is 30.4 Å². The van der Waals surface area contributed by atoms with E-state index in [1.807, 2.05) is 6.07 Å². The summed E-state index contributed by atoms with van der Waals surface area (Å²) in [4.78, 5) is 0. The molecule has 0 heterocycles. The Kier molecular flexibility index (Phi) is 2.96. The van der Waals surface area contributed by atoms with Crippen LogP contribution in [0.5, 0.6) is 5.75 Å². The van der Waals surface area contributed by atoms with Crippen molar-refractivity contribution >= 4 is 0 Å². The van der Waals surface area contributed by atoms with Gasteiger partial charge in [-0.15, -0.1) is 0 Å². The van der Waals surface area contributed by atoms with Crippen LogP contribution in [-0.4, -0.2) is 13.7 Å². The molecule has 0 spiro atoms. The largest absolute Gasteiger partial charge is 0.496 e. The molecule has 2 N–H and O–H groups in total. The fourth-order valence-corrected chi connectivity index (χ4v) is 2.60. The van der Waals surface area contributed by atoms with Gasteiger partial charge in [-0.05, 0) is 48.4 Å². The summed E-state index contributed by atoms with van der Waals surface area (Å²) >= 11 is 0. The number of hydrogen-bond donors (Lipinski definition) is 1. The molecule has 15 heavy (non-hydrogen) atoms. The maximum Gasteiger partial charge on any atom is 0.122 e. The number of fused-ring (bicyclic) bond motifs is 1. The predicted molar refractivity (Wildman–Crippen MR) is 62.3 cm³/mol. The number of nitrogens with two attached hydrogens (primary N) is 1. The van der Waals surface area contributed by atoms with Crippen molar-refractivity contribution in [1.29, 1.82) is 0 Å². The molecule has 1 aliphatic rings. The summed E-state index contributed by atoms with van der Waals surface area (Å²) in [6.07, 6.45) is 2.35. The smallest absolute Gasteiger partial charge is 0.122 e. The number of methoxy groups -OCH3 is 1.